The van der Waals surface area contributed by atoms with Crippen molar-refractivity contribution in [2.24, 2.45) is 0 Å². The number of thioether (sulfide) groups is 2. The Morgan fingerprint density at radius 1 is 0.569 bits per heavy atom. The Bertz CT molecular complexity index is 2310. The molecule has 5 aromatic carbocycles. The fourth-order valence-electron chi connectivity index (χ4n) is 4.97. The van der Waals surface area contributed by atoms with Crippen LogP contribution in [0, 0.1) is 23.7 Å². The highest BCUT2D eigenvalue weighted by Crippen LogP contribution is 2.27. The van der Waals surface area contributed by atoms with Crippen LogP contribution in [0.1, 0.15) is 43.7 Å². The van der Waals surface area contributed by atoms with Gasteiger partial charge in [0.2, 0.25) is 0 Å². The summed E-state index contributed by atoms with van der Waals surface area (Å²) in [6, 6.07) is 36.4. The van der Waals surface area contributed by atoms with Crippen LogP contribution in [0.3, 0.4) is 0 Å². The zero-order valence-corrected chi connectivity index (χ0v) is 33.5. The molecule has 0 aliphatic rings. The number of methoxy groups -OCH3 is 1. The number of rotatable bonds is 17. The molecule has 0 spiro atoms. The molecule has 0 atom stereocenters. The molecule has 0 unspecified atom stereocenters. The van der Waals surface area contributed by atoms with Crippen LogP contribution in [0.15, 0.2) is 150 Å². The van der Waals surface area contributed by atoms with Crippen molar-refractivity contribution in [1.82, 2.24) is 0 Å². The van der Waals surface area contributed by atoms with E-state index in [1.807, 2.05) is 97.1 Å². The van der Waals surface area contributed by atoms with E-state index in [-0.39, 0.29) is 18.8 Å². The predicted octanol–water partition coefficient (Wildman–Crippen LogP) is 9.07. The van der Waals surface area contributed by atoms with Gasteiger partial charge in [0.25, 0.3) is 0 Å². The van der Waals surface area contributed by atoms with E-state index in [0.717, 1.165) is 55.3 Å². The number of carbonyl (C=O) groups is 3. The van der Waals surface area contributed by atoms with Gasteiger partial charge in [-0.25, -0.2) is 14.4 Å². The number of carbonyl (C=O) groups excluding carboxylic acids is 3. The molecule has 0 N–H and O–H groups in total. The van der Waals surface area contributed by atoms with Gasteiger partial charge in [-0.2, -0.15) is 0 Å². The molecule has 8 nitrogen and oxygen atoms in total. The second-order valence-corrected chi connectivity index (χ2v) is 14.4. The number of ether oxygens (including phenoxy) is 5. The molecule has 0 fully saturated rings. The summed E-state index contributed by atoms with van der Waals surface area (Å²) in [5.74, 6) is 13.5. The second kappa shape index (κ2) is 22.8. The van der Waals surface area contributed by atoms with Crippen molar-refractivity contribution in [1.29, 1.82) is 0 Å². The van der Waals surface area contributed by atoms with E-state index in [9.17, 15) is 14.4 Å². The second-order valence-electron chi connectivity index (χ2n) is 12.1. The molecule has 0 bridgehead atoms. The van der Waals surface area contributed by atoms with Crippen LogP contribution in [0.5, 0.6) is 11.5 Å². The lowest BCUT2D eigenvalue weighted by atomic mass is 10.1. The van der Waals surface area contributed by atoms with Gasteiger partial charge in [-0.3, -0.25) is 0 Å². The molecular formula is C48H40O8S2. The topological polar surface area (TPSA) is 97.4 Å². The molecule has 0 aliphatic carbocycles. The van der Waals surface area contributed by atoms with Crippen LogP contribution >= 0.6 is 23.5 Å². The van der Waals surface area contributed by atoms with Gasteiger partial charge >= 0.3 is 17.9 Å². The van der Waals surface area contributed by atoms with Gasteiger partial charge in [0.1, 0.15) is 43.5 Å². The lowest BCUT2D eigenvalue weighted by molar-refractivity contribution is -0.138. The molecule has 5 rings (SSSR count). The molecule has 0 amide bonds. The van der Waals surface area contributed by atoms with Crippen molar-refractivity contribution < 1.29 is 38.1 Å². The molecule has 5 aromatic rings. The minimum atomic E-state index is -0.533. The molecule has 10 heteroatoms. The Labute approximate surface area is 347 Å². The first kappa shape index (κ1) is 42.6. The van der Waals surface area contributed by atoms with Crippen LogP contribution in [-0.4, -0.2) is 49.7 Å². The summed E-state index contributed by atoms with van der Waals surface area (Å²) in [5, 5.41) is 0. The molecule has 0 heterocycles. The summed E-state index contributed by atoms with van der Waals surface area (Å²) in [4.78, 5) is 37.1. The Hall–Kier alpha value is -6.59. The minimum absolute atomic E-state index is 0.236. The van der Waals surface area contributed by atoms with Crippen LogP contribution in [-0.2, 0) is 37.0 Å². The maximum absolute atomic E-state index is 12.7. The Balaban J connectivity index is 1.09. The van der Waals surface area contributed by atoms with Gasteiger partial charge in [0.15, 0.2) is 0 Å². The fourth-order valence-corrected chi connectivity index (χ4v) is 6.43. The van der Waals surface area contributed by atoms with Crippen LogP contribution in [0.2, 0.25) is 0 Å². The lowest BCUT2D eigenvalue weighted by Gasteiger charge is -2.13. The van der Waals surface area contributed by atoms with Gasteiger partial charge < -0.3 is 23.7 Å². The summed E-state index contributed by atoms with van der Waals surface area (Å²) in [6.07, 6.45) is 2.31. The van der Waals surface area contributed by atoms with Crippen LogP contribution in [0.4, 0.5) is 0 Å². The van der Waals surface area contributed by atoms with Crippen molar-refractivity contribution in [3.63, 3.8) is 0 Å². The predicted molar refractivity (Wildman–Crippen MR) is 228 cm³/mol. The van der Waals surface area contributed by atoms with E-state index >= 15 is 0 Å². The summed E-state index contributed by atoms with van der Waals surface area (Å²) in [7, 11) is 1.33. The lowest BCUT2D eigenvalue weighted by Crippen LogP contribution is -2.07. The third-order valence-electron chi connectivity index (χ3n) is 8.00. The monoisotopic (exact) mass is 808 g/mol. The number of hydrogen-bond acceptors (Lipinski definition) is 10. The molecular weight excluding hydrogens is 769 g/mol. The molecule has 0 radical (unpaired) electrons. The average molecular weight is 809 g/mol. The first-order valence-electron chi connectivity index (χ1n) is 18.1. The van der Waals surface area contributed by atoms with E-state index in [2.05, 4.69) is 36.8 Å². The van der Waals surface area contributed by atoms with Crippen molar-refractivity contribution in [2.45, 2.75) is 23.0 Å². The Kier molecular flexibility index (Phi) is 16.8. The van der Waals surface area contributed by atoms with Crippen molar-refractivity contribution in [2.75, 3.05) is 31.8 Å². The molecule has 292 valence electrons. The molecule has 58 heavy (non-hydrogen) atoms. The fraction of sp³-hybridized carbons (Fsp3) is 0.146. The highest BCUT2D eigenvalue weighted by atomic mass is 32.2. The van der Waals surface area contributed by atoms with Gasteiger partial charge in [-0.1, -0.05) is 61.1 Å². The summed E-state index contributed by atoms with van der Waals surface area (Å²) >= 11 is 3.19. The quantitative estimate of drug-likeness (QED) is 0.0226. The largest absolute Gasteiger partial charge is 0.489 e. The van der Waals surface area contributed by atoms with Gasteiger partial charge in [-0.05, 0) is 102 Å². The van der Waals surface area contributed by atoms with E-state index < -0.39 is 17.9 Å². The highest BCUT2D eigenvalue weighted by Gasteiger charge is 2.15. The SMILES string of the molecule is C=CC(=O)OCCSc1ccc(C#Cc2ccc(COc3ccc(OCc4ccc(C#Cc5ccc(SCCOC(=O)C=C)cc5)cc4)c(C(=O)OC)c3)cc2)cc1. The van der Waals surface area contributed by atoms with Crippen molar-refractivity contribution in [3.05, 3.63) is 180 Å². The molecule has 0 aromatic heterocycles. The Morgan fingerprint density at radius 3 is 1.40 bits per heavy atom. The molecule has 0 aliphatic heterocycles. The van der Waals surface area contributed by atoms with Crippen LogP contribution < -0.4 is 9.47 Å². The van der Waals surface area contributed by atoms with E-state index in [0.29, 0.717) is 36.2 Å². The standard InChI is InChI=1S/C48H40O8S2/c1-4-46(49)53-28-30-57-42-23-18-37(19-24-42)8-6-35-10-14-39(15-11-35)33-55-41-22-27-45(44(32-41)48(51)52-3)56-34-40-16-12-36(13-17-40)7-9-38-20-25-43(26-21-38)58-31-29-54-47(50)5-2/h4-5,10-27,32H,1-2,28-31,33-34H2,3H3. The molecule has 0 saturated carbocycles. The van der Waals surface area contributed by atoms with E-state index in [1.165, 1.54) is 7.11 Å². The third kappa shape index (κ3) is 14.2. The first-order chi connectivity index (χ1) is 28.3. The first-order valence-corrected chi connectivity index (χ1v) is 20.0. The minimum Gasteiger partial charge on any atom is -0.489 e. The third-order valence-corrected chi connectivity index (χ3v) is 9.95. The number of hydrogen-bond donors (Lipinski definition) is 0. The maximum atomic E-state index is 12.7. The van der Waals surface area contributed by atoms with Crippen molar-refractivity contribution >= 4 is 41.4 Å². The number of benzene rings is 5. The van der Waals surface area contributed by atoms with E-state index in [4.69, 9.17) is 23.7 Å². The summed E-state index contributed by atoms with van der Waals surface area (Å²) < 4.78 is 27.1. The van der Waals surface area contributed by atoms with Gasteiger partial charge in [0, 0.05) is 55.7 Å². The molecule has 0 saturated heterocycles. The van der Waals surface area contributed by atoms with Crippen LogP contribution in [0.25, 0.3) is 0 Å². The van der Waals surface area contributed by atoms with E-state index in [1.54, 1.807) is 41.7 Å². The zero-order chi connectivity index (χ0) is 41.0. The summed E-state index contributed by atoms with van der Waals surface area (Å²) in [5.41, 5.74) is 5.60. The number of esters is 3. The van der Waals surface area contributed by atoms with Crippen molar-refractivity contribution in [3.8, 4) is 35.2 Å². The smallest absolute Gasteiger partial charge is 0.341 e. The highest BCUT2D eigenvalue weighted by molar-refractivity contribution is 7.99. The van der Waals surface area contributed by atoms with Gasteiger partial charge in [0.05, 0.1) is 7.11 Å². The van der Waals surface area contributed by atoms with Gasteiger partial charge in [-0.15, -0.1) is 23.5 Å². The normalized spacial score (nSPS) is 10.1. The zero-order valence-electron chi connectivity index (χ0n) is 31.9. The average Bonchev–Trinajstić information content (AvgIpc) is 3.27. The maximum Gasteiger partial charge on any atom is 0.341 e. The summed E-state index contributed by atoms with van der Waals surface area (Å²) in [6.45, 7) is 7.94. The Morgan fingerprint density at radius 2 is 0.983 bits per heavy atom.